The number of ether oxygens (including phenoxy) is 2. The molecule has 4 heterocycles. The van der Waals surface area contributed by atoms with Crippen LogP contribution in [0, 0.1) is 6.92 Å². The van der Waals surface area contributed by atoms with Gasteiger partial charge in [-0.3, -0.25) is 4.98 Å². The molecule has 0 aliphatic carbocycles. The highest BCUT2D eigenvalue weighted by Gasteiger charge is 2.27. The van der Waals surface area contributed by atoms with Crippen LogP contribution in [-0.4, -0.2) is 50.9 Å². The van der Waals surface area contributed by atoms with Crippen LogP contribution in [0.5, 0.6) is 11.5 Å². The molecule has 8 nitrogen and oxygen atoms in total. The van der Waals surface area contributed by atoms with Gasteiger partial charge >= 0.3 is 6.09 Å². The zero-order valence-corrected chi connectivity index (χ0v) is 16.6. The van der Waals surface area contributed by atoms with Gasteiger partial charge in [0.25, 0.3) is 0 Å². The van der Waals surface area contributed by atoms with Crippen molar-refractivity contribution < 1.29 is 19.4 Å². The molecule has 1 amide bonds. The summed E-state index contributed by atoms with van der Waals surface area (Å²) in [5.41, 5.74) is 4.33. The number of carboxylic acid groups (broad SMARTS) is 1. The van der Waals surface area contributed by atoms with Gasteiger partial charge in [0.15, 0.2) is 11.5 Å². The smallest absolute Gasteiger partial charge is 0.407 e. The van der Waals surface area contributed by atoms with Gasteiger partial charge in [-0.1, -0.05) is 6.07 Å². The van der Waals surface area contributed by atoms with Gasteiger partial charge in [0, 0.05) is 30.3 Å². The molecule has 5 rings (SSSR count). The Bertz CT molecular complexity index is 1100. The molecule has 0 atom stereocenters. The van der Waals surface area contributed by atoms with Crippen LogP contribution in [-0.2, 0) is 0 Å². The van der Waals surface area contributed by atoms with E-state index in [1.165, 1.54) is 4.90 Å². The van der Waals surface area contributed by atoms with E-state index in [-0.39, 0.29) is 12.7 Å². The summed E-state index contributed by atoms with van der Waals surface area (Å²) in [6.45, 7) is 3.21. The van der Waals surface area contributed by atoms with Crippen molar-refractivity contribution >= 4 is 6.09 Å². The highest BCUT2D eigenvalue weighted by molar-refractivity contribution is 5.78. The summed E-state index contributed by atoms with van der Waals surface area (Å²) in [5.74, 6) is 2.47. The maximum absolute atomic E-state index is 11.2. The van der Waals surface area contributed by atoms with Crippen molar-refractivity contribution in [2.45, 2.75) is 25.7 Å². The number of piperidine rings is 1. The topological polar surface area (TPSA) is 101 Å². The van der Waals surface area contributed by atoms with Gasteiger partial charge in [0.2, 0.25) is 6.79 Å². The van der Waals surface area contributed by atoms with Crippen LogP contribution in [0.1, 0.15) is 30.3 Å². The van der Waals surface area contributed by atoms with Gasteiger partial charge in [-0.25, -0.2) is 9.78 Å². The van der Waals surface area contributed by atoms with Gasteiger partial charge in [-0.15, -0.1) is 0 Å². The quantitative estimate of drug-likeness (QED) is 0.681. The van der Waals surface area contributed by atoms with Crippen LogP contribution in [0.4, 0.5) is 4.79 Å². The second kappa shape index (κ2) is 7.37. The number of hydrogen-bond donors (Lipinski definition) is 2. The van der Waals surface area contributed by atoms with Crippen molar-refractivity contribution in [3.8, 4) is 34.1 Å². The van der Waals surface area contributed by atoms with Crippen molar-refractivity contribution in [1.82, 2.24) is 19.9 Å². The Labute approximate surface area is 173 Å². The normalized spacial score (nSPS) is 16.1. The van der Waals surface area contributed by atoms with E-state index in [1.54, 1.807) is 0 Å². The fraction of sp³-hybridized carbons (Fsp3) is 0.318. The van der Waals surface area contributed by atoms with E-state index >= 15 is 0 Å². The molecule has 1 aromatic carbocycles. The Morgan fingerprint density at radius 3 is 2.70 bits per heavy atom. The number of nitrogens with one attached hydrogen (secondary N) is 1. The summed E-state index contributed by atoms with van der Waals surface area (Å²) >= 11 is 0. The number of rotatable bonds is 3. The number of nitrogens with zero attached hydrogens (tertiary/aromatic N) is 3. The summed E-state index contributed by atoms with van der Waals surface area (Å²) in [7, 11) is 0. The van der Waals surface area contributed by atoms with Crippen molar-refractivity contribution in [2.24, 2.45) is 0 Å². The van der Waals surface area contributed by atoms with E-state index in [4.69, 9.17) is 14.5 Å². The Hall–Kier alpha value is -3.55. The minimum Gasteiger partial charge on any atom is -0.465 e. The first kappa shape index (κ1) is 18.5. The number of aromatic amines is 1. The first-order chi connectivity index (χ1) is 14.6. The zero-order chi connectivity index (χ0) is 20.7. The predicted octanol–water partition coefficient (Wildman–Crippen LogP) is 4.03. The van der Waals surface area contributed by atoms with Crippen LogP contribution in [0.15, 0.2) is 36.4 Å². The second-order valence-corrected chi connectivity index (χ2v) is 7.62. The molecule has 0 radical (unpaired) electrons. The van der Waals surface area contributed by atoms with Crippen molar-refractivity contribution in [2.75, 3.05) is 19.9 Å². The molecule has 0 saturated carbocycles. The van der Waals surface area contributed by atoms with Gasteiger partial charge in [-0.2, -0.15) is 0 Å². The summed E-state index contributed by atoms with van der Waals surface area (Å²) in [5, 5.41) is 9.22. The molecule has 2 aliphatic heterocycles. The second-order valence-electron chi connectivity index (χ2n) is 7.62. The zero-order valence-electron chi connectivity index (χ0n) is 16.6. The molecular weight excluding hydrogens is 384 g/mol. The number of hydrogen-bond acceptors (Lipinski definition) is 5. The number of amides is 1. The van der Waals surface area contributed by atoms with Crippen LogP contribution < -0.4 is 9.47 Å². The fourth-order valence-electron chi connectivity index (χ4n) is 4.05. The number of aromatic nitrogens is 3. The minimum atomic E-state index is -0.862. The van der Waals surface area contributed by atoms with Crippen molar-refractivity contribution in [3.05, 3.63) is 47.9 Å². The number of pyridine rings is 1. The van der Waals surface area contributed by atoms with Crippen LogP contribution in [0.25, 0.3) is 22.6 Å². The SMILES string of the molecule is Cc1cccc(-c2[nH]c(C3CCN(C(=O)O)CC3)nc2-c2ccc3c(c2)OCO3)n1. The van der Waals surface area contributed by atoms with Gasteiger partial charge in [0.1, 0.15) is 5.82 Å². The summed E-state index contributed by atoms with van der Waals surface area (Å²) in [6.07, 6.45) is 0.612. The lowest BCUT2D eigenvalue weighted by Crippen LogP contribution is -2.37. The first-order valence-electron chi connectivity index (χ1n) is 10.0. The Morgan fingerprint density at radius 2 is 1.93 bits per heavy atom. The van der Waals surface area contributed by atoms with Crippen molar-refractivity contribution in [1.29, 1.82) is 0 Å². The number of benzene rings is 1. The highest BCUT2D eigenvalue weighted by Crippen LogP contribution is 2.39. The molecule has 154 valence electrons. The molecule has 1 saturated heterocycles. The average Bonchev–Trinajstić information content (AvgIpc) is 3.40. The molecule has 2 N–H and O–H groups in total. The van der Waals surface area contributed by atoms with E-state index in [0.717, 1.165) is 52.8 Å². The molecule has 8 heteroatoms. The molecule has 2 aromatic heterocycles. The molecule has 2 aliphatic rings. The number of fused-ring (bicyclic) bond motifs is 1. The molecule has 0 bridgehead atoms. The Balaban J connectivity index is 1.54. The summed E-state index contributed by atoms with van der Waals surface area (Å²) in [4.78, 5) is 25.8. The summed E-state index contributed by atoms with van der Waals surface area (Å²) < 4.78 is 11.0. The fourth-order valence-corrected chi connectivity index (χ4v) is 4.05. The molecule has 0 spiro atoms. The third-order valence-corrected chi connectivity index (χ3v) is 5.66. The summed E-state index contributed by atoms with van der Waals surface area (Å²) in [6, 6.07) is 11.7. The lowest BCUT2D eigenvalue weighted by atomic mass is 9.96. The monoisotopic (exact) mass is 406 g/mol. The molecule has 30 heavy (non-hydrogen) atoms. The first-order valence-corrected chi connectivity index (χ1v) is 10.0. The number of aryl methyl sites for hydroxylation is 1. The van der Waals surface area contributed by atoms with E-state index in [2.05, 4.69) is 9.97 Å². The highest BCUT2D eigenvalue weighted by atomic mass is 16.7. The standard InChI is InChI=1S/C22H22N4O4/c1-13-3-2-4-16(23-13)20-19(15-5-6-17-18(11-15)30-12-29-17)24-21(25-20)14-7-9-26(10-8-14)22(27)28/h2-6,11,14H,7-10,12H2,1H3,(H,24,25)(H,27,28). The minimum absolute atomic E-state index is 0.173. The molecule has 0 unspecified atom stereocenters. The van der Waals surface area contributed by atoms with E-state index in [9.17, 15) is 9.90 Å². The predicted molar refractivity (Wildman–Crippen MR) is 110 cm³/mol. The average molecular weight is 406 g/mol. The van der Waals surface area contributed by atoms with E-state index in [1.807, 2.05) is 43.3 Å². The van der Waals surface area contributed by atoms with Crippen LogP contribution in [0.2, 0.25) is 0 Å². The third-order valence-electron chi connectivity index (χ3n) is 5.66. The van der Waals surface area contributed by atoms with Crippen molar-refractivity contribution in [3.63, 3.8) is 0 Å². The number of imidazole rings is 1. The molecular formula is C22H22N4O4. The van der Waals surface area contributed by atoms with Gasteiger partial charge in [-0.05, 0) is 50.1 Å². The number of H-pyrrole nitrogens is 1. The van der Waals surface area contributed by atoms with Gasteiger partial charge < -0.3 is 24.5 Å². The lowest BCUT2D eigenvalue weighted by molar-refractivity contribution is 0.131. The third kappa shape index (κ3) is 3.34. The van der Waals surface area contributed by atoms with E-state index in [0.29, 0.717) is 18.8 Å². The van der Waals surface area contributed by atoms with Gasteiger partial charge in [0.05, 0.1) is 17.1 Å². The van der Waals surface area contributed by atoms with Crippen LogP contribution in [0.3, 0.4) is 0 Å². The number of carbonyl (C=O) groups is 1. The maximum atomic E-state index is 11.2. The van der Waals surface area contributed by atoms with Crippen LogP contribution >= 0.6 is 0 Å². The Morgan fingerprint density at radius 1 is 1.13 bits per heavy atom. The molecule has 1 fully saturated rings. The van der Waals surface area contributed by atoms with E-state index < -0.39 is 6.09 Å². The maximum Gasteiger partial charge on any atom is 0.407 e. The molecule has 3 aromatic rings. The lowest BCUT2D eigenvalue weighted by Gasteiger charge is -2.28. The Kier molecular flexibility index (Phi) is 4.54. The number of likely N-dealkylation sites (tertiary alicyclic amines) is 1. The largest absolute Gasteiger partial charge is 0.465 e.